The second-order valence-corrected chi connectivity index (χ2v) is 9.27. The molecular formula is C18H39NO7P+. The number of nitrogens with zero attached hydrogens (tertiary/aromatic N) is 1. The second-order valence-electron chi connectivity index (χ2n) is 7.82. The van der Waals surface area contributed by atoms with Gasteiger partial charge >= 0.3 is 13.8 Å². The highest BCUT2D eigenvalue weighted by atomic mass is 31.2. The number of unbranched alkanes of at least 4 members (excludes halogenated alkanes) is 6. The number of hydrogen-bond donors (Lipinski definition) is 2. The maximum atomic E-state index is 11.7. The number of carbonyl (C=O) groups excluding carboxylic acids is 1. The molecule has 0 spiro atoms. The molecule has 0 rings (SSSR count). The lowest BCUT2D eigenvalue weighted by Gasteiger charge is -2.24. The molecule has 8 nitrogen and oxygen atoms in total. The van der Waals surface area contributed by atoms with Crippen molar-refractivity contribution in [3.8, 4) is 0 Å². The Morgan fingerprint density at radius 2 is 1.59 bits per heavy atom. The van der Waals surface area contributed by atoms with Gasteiger partial charge in [-0.05, 0) is 6.42 Å². The fraction of sp³-hybridized carbons (Fsp3) is 0.944. The first-order valence-corrected chi connectivity index (χ1v) is 11.3. The van der Waals surface area contributed by atoms with Crippen molar-refractivity contribution in [3.05, 3.63) is 0 Å². The van der Waals surface area contributed by atoms with Crippen molar-refractivity contribution in [3.63, 3.8) is 0 Å². The Morgan fingerprint density at radius 3 is 2.19 bits per heavy atom. The van der Waals surface area contributed by atoms with Crippen molar-refractivity contribution >= 4 is 13.8 Å². The maximum Gasteiger partial charge on any atom is 0.472 e. The molecule has 0 fully saturated rings. The summed E-state index contributed by atoms with van der Waals surface area (Å²) in [5.74, 6) is -0.381. The smallest absolute Gasteiger partial charge is 0.463 e. The number of likely N-dealkylation sites (N-methyl/N-ethyl adjacent to an activating group) is 1. The number of phosphoric acid groups is 1. The molecule has 0 bridgehead atoms. The predicted octanol–water partition coefficient (Wildman–Crippen LogP) is 2.87. The zero-order valence-corrected chi connectivity index (χ0v) is 18.3. The Kier molecular flexibility index (Phi) is 14.2. The van der Waals surface area contributed by atoms with E-state index < -0.39 is 20.5 Å². The average Bonchev–Trinajstić information content (AvgIpc) is 2.56. The van der Waals surface area contributed by atoms with Gasteiger partial charge in [-0.1, -0.05) is 45.4 Å². The number of rotatable bonds is 17. The molecule has 162 valence electrons. The standard InChI is InChI=1S/C18H38NO7P/c1-5-6-7-8-9-10-11-12-18(21)24-15-17(20)16-26-27(22,23)25-14-13-19(2,3)4/h17,20H,5-16H2,1-4H3/p+1/t17-/m0/s1. The maximum absolute atomic E-state index is 11.7. The average molecular weight is 412 g/mol. The third-order valence-electron chi connectivity index (χ3n) is 3.87. The molecule has 0 aliphatic heterocycles. The molecule has 0 aromatic carbocycles. The Balaban J connectivity index is 3.75. The van der Waals surface area contributed by atoms with Gasteiger partial charge in [0, 0.05) is 6.42 Å². The summed E-state index contributed by atoms with van der Waals surface area (Å²) in [6.45, 7) is 2.05. The molecule has 0 saturated carbocycles. The van der Waals surface area contributed by atoms with E-state index in [9.17, 15) is 19.4 Å². The van der Waals surface area contributed by atoms with Crippen LogP contribution in [0.4, 0.5) is 0 Å². The lowest BCUT2D eigenvalue weighted by Crippen LogP contribution is -2.37. The van der Waals surface area contributed by atoms with Crippen LogP contribution in [0.1, 0.15) is 58.3 Å². The van der Waals surface area contributed by atoms with Gasteiger partial charge in [-0.15, -0.1) is 0 Å². The van der Waals surface area contributed by atoms with Crippen molar-refractivity contribution in [2.75, 3.05) is 47.5 Å². The summed E-state index contributed by atoms with van der Waals surface area (Å²) < 4.78 is 26.8. The zero-order valence-electron chi connectivity index (χ0n) is 17.4. The van der Waals surface area contributed by atoms with E-state index in [2.05, 4.69) is 6.92 Å². The molecule has 0 saturated heterocycles. The van der Waals surface area contributed by atoms with Crippen molar-refractivity contribution in [2.45, 2.75) is 64.4 Å². The van der Waals surface area contributed by atoms with Crippen LogP contribution >= 0.6 is 7.82 Å². The van der Waals surface area contributed by atoms with E-state index in [1.807, 2.05) is 21.1 Å². The fourth-order valence-corrected chi connectivity index (χ4v) is 2.93. The van der Waals surface area contributed by atoms with Gasteiger partial charge in [0.25, 0.3) is 0 Å². The van der Waals surface area contributed by atoms with Crippen LogP contribution in [-0.4, -0.2) is 74.1 Å². The number of aliphatic hydroxyl groups excluding tert-OH is 1. The number of esters is 1. The predicted molar refractivity (Wildman–Crippen MR) is 104 cm³/mol. The molecule has 9 heteroatoms. The van der Waals surface area contributed by atoms with Gasteiger partial charge in [0.1, 0.15) is 25.9 Å². The Bertz CT molecular complexity index is 440. The number of carbonyl (C=O) groups is 1. The molecule has 0 heterocycles. The minimum Gasteiger partial charge on any atom is -0.463 e. The molecule has 2 N–H and O–H groups in total. The van der Waals surface area contributed by atoms with Gasteiger partial charge in [-0.3, -0.25) is 13.8 Å². The Hall–Kier alpha value is -0.500. The second kappa shape index (κ2) is 14.5. The lowest BCUT2D eigenvalue weighted by atomic mass is 10.1. The first-order valence-electron chi connectivity index (χ1n) is 9.82. The van der Waals surface area contributed by atoms with E-state index in [4.69, 9.17) is 13.8 Å². The van der Waals surface area contributed by atoms with Gasteiger partial charge in [-0.25, -0.2) is 4.57 Å². The molecule has 0 aliphatic carbocycles. The van der Waals surface area contributed by atoms with Gasteiger partial charge in [0.05, 0.1) is 27.7 Å². The number of aliphatic hydroxyl groups is 1. The van der Waals surface area contributed by atoms with Crippen LogP contribution in [0.25, 0.3) is 0 Å². The molecule has 0 aliphatic rings. The van der Waals surface area contributed by atoms with Crippen molar-refractivity contribution < 1.29 is 37.6 Å². The molecule has 0 amide bonds. The van der Waals surface area contributed by atoms with Crippen molar-refractivity contribution in [1.29, 1.82) is 0 Å². The van der Waals surface area contributed by atoms with Crippen LogP contribution in [0.5, 0.6) is 0 Å². The molecule has 0 aromatic rings. The quantitative estimate of drug-likeness (QED) is 0.164. The van der Waals surface area contributed by atoms with Gasteiger partial charge in [0.2, 0.25) is 0 Å². The molecule has 1 unspecified atom stereocenters. The van der Waals surface area contributed by atoms with E-state index in [-0.39, 0.29) is 19.2 Å². The third kappa shape index (κ3) is 18.6. The Labute approximate surface area is 164 Å². The summed E-state index contributed by atoms with van der Waals surface area (Å²) in [5, 5.41) is 9.72. The van der Waals surface area contributed by atoms with E-state index in [0.29, 0.717) is 17.4 Å². The van der Waals surface area contributed by atoms with Crippen LogP contribution in [0.2, 0.25) is 0 Å². The van der Waals surface area contributed by atoms with Gasteiger partial charge in [-0.2, -0.15) is 0 Å². The highest BCUT2D eigenvalue weighted by Crippen LogP contribution is 2.43. The van der Waals surface area contributed by atoms with E-state index in [1.54, 1.807) is 0 Å². The molecule has 2 atom stereocenters. The first-order chi connectivity index (χ1) is 12.6. The lowest BCUT2D eigenvalue weighted by molar-refractivity contribution is -0.870. The van der Waals surface area contributed by atoms with Crippen LogP contribution < -0.4 is 0 Å². The normalized spacial score (nSPS) is 15.3. The van der Waals surface area contributed by atoms with Crippen LogP contribution in [0.15, 0.2) is 0 Å². The largest absolute Gasteiger partial charge is 0.472 e. The van der Waals surface area contributed by atoms with Crippen LogP contribution in [-0.2, 0) is 23.1 Å². The number of hydrogen-bond acceptors (Lipinski definition) is 6. The monoisotopic (exact) mass is 412 g/mol. The summed E-state index contributed by atoms with van der Waals surface area (Å²) in [5.41, 5.74) is 0. The van der Waals surface area contributed by atoms with E-state index in [1.165, 1.54) is 25.7 Å². The molecular weight excluding hydrogens is 373 g/mol. The van der Waals surface area contributed by atoms with Crippen LogP contribution in [0, 0.1) is 0 Å². The minimum absolute atomic E-state index is 0.0564. The first kappa shape index (κ1) is 26.5. The van der Waals surface area contributed by atoms with Crippen molar-refractivity contribution in [2.24, 2.45) is 0 Å². The SMILES string of the molecule is CCCCCCCCCC(=O)OC[C@H](O)COP(=O)(O)OCC[N+](C)(C)C. The van der Waals surface area contributed by atoms with Gasteiger partial charge < -0.3 is 19.2 Å². The third-order valence-corrected chi connectivity index (χ3v) is 4.85. The number of ether oxygens (including phenoxy) is 1. The highest BCUT2D eigenvalue weighted by Gasteiger charge is 2.24. The van der Waals surface area contributed by atoms with Crippen molar-refractivity contribution in [1.82, 2.24) is 0 Å². The molecule has 27 heavy (non-hydrogen) atoms. The Morgan fingerprint density at radius 1 is 1.00 bits per heavy atom. The topological polar surface area (TPSA) is 102 Å². The summed E-state index contributed by atoms with van der Waals surface area (Å²) in [6.07, 6.45) is 6.91. The summed E-state index contributed by atoms with van der Waals surface area (Å²) in [4.78, 5) is 21.2. The summed E-state index contributed by atoms with van der Waals surface area (Å²) >= 11 is 0. The zero-order chi connectivity index (χ0) is 20.8. The molecule has 0 aromatic heterocycles. The highest BCUT2D eigenvalue weighted by molar-refractivity contribution is 7.47. The number of quaternary nitrogens is 1. The minimum atomic E-state index is -4.22. The fourth-order valence-electron chi connectivity index (χ4n) is 2.18. The van der Waals surface area contributed by atoms with E-state index in [0.717, 1.165) is 19.3 Å². The van der Waals surface area contributed by atoms with Gasteiger partial charge in [0.15, 0.2) is 0 Å². The number of phosphoric ester groups is 1. The van der Waals surface area contributed by atoms with Crippen LogP contribution in [0.3, 0.4) is 0 Å². The van der Waals surface area contributed by atoms with E-state index >= 15 is 0 Å². The summed E-state index contributed by atoms with van der Waals surface area (Å²) in [6, 6.07) is 0. The molecule has 0 radical (unpaired) electrons. The summed E-state index contributed by atoms with van der Waals surface area (Å²) in [7, 11) is 1.56.